The highest BCUT2D eigenvalue weighted by Gasteiger charge is 2.01. The first-order chi connectivity index (χ1) is 9.84. The van der Waals surface area contributed by atoms with Crippen LogP contribution >= 0.6 is 11.8 Å². The Morgan fingerprint density at radius 2 is 1.60 bits per heavy atom. The third-order valence-corrected chi connectivity index (χ3v) is 3.98. The molecule has 0 aromatic heterocycles. The van der Waals surface area contributed by atoms with Crippen LogP contribution in [0, 0.1) is 0 Å². The molecule has 0 aliphatic carbocycles. The summed E-state index contributed by atoms with van der Waals surface area (Å²) in [5.74, 6) is 2.12. The summed E-state index contributed by atoms with van der Waals surface area (Å²) in [5, 5.41) is 2.90. The van der Waals surface area contributed by atoms with Gasteiger partial charge >= 0.3 is 0 Å². The maximum atomic E-state index is 11.7. The van der Waals surface area contributed by atoms with Gasteiger partial charge in [0.2, 0.25) is 5.91 Å². The molecule has 0 fully saturated rings. The fourth-order valence-corrected chi connectivity index (χ4v) is 2.76. The number of thioether (sulfide) groups is 1. The van der Waals surface area contributed by atoms with Crippen LogP contribution in [0.15, 0.2) is 60.7 Å². The van der Waals surface area contributed by atoms with Crippen molar-refractivity contribution in [3.8, 4) is 0 Å². The van der Waals surface area contributed by atoms with Gasteiger partial charge < -0.3 is 5.32 Å². The van der Waals surface area contributed by atoms with E-state index in [4.69, 9.17) is 0 Å². The smallest absolute Gasteiger partial charge is 0.224 e. The largest absolute Gasteiger partial charge is 0.326 e. The van der Waals surface area contributed by atoms with Crippen molar-refractivity contribution in [1.29, 1.82) is 0 Å². The molecule has 3 heteroatoms. The van der Waals surface area contributed by atoms with Gasteiger partial charge in [0, 0.05) is 17.9 Å². The van der Waals surface area contributed by atoms with Gasteiger partial charge in [0.1, 0.15) is 0 Å². The monoisotopic (exact) mass is 285 g/mol. The lowest BCUT2D eigenvalue weighted by molar-refractivity contribution is -0.116. The molecule has 2 rings (SSSR count). The number of amides is 1. The van der Waals surface area contributed by atoms with Crippen LogP contribution in [0.4, 0.5) is 5.69 Å². The van der Waals surface area contributed by atoms with E-state index in [2.05, 4.69) is 29.6 Å². The molecule has 1 N–H and O–H groups in total. The van der Waals surface area contributed by atoms with Crippen LogP contribution in [0.1, 0.15) is 18.4 Å². The summed E-state index contributed by atoms with van der Waals surface area (Å²) in [5.41, 5.74) is 2.21. The molecular weight excluding hydrogens is 266 g/mol. The number of rotatable bonds is 7. The highest BCUT2D eigenvalue weighted by atomic mass is 32.2. The fraction of sp³-hybridized carbons (Fsp3) is 0.235. The predicted molar refractivity (Wildman–Crippen MR) is 86.9 cm³/mol. The molecule has 0 bridgehead atoms. The predicted octanol–water partition coefficient (Wildman–Crippen LogP) is 4.34. The van der Waals surface area contributed by atoms with Gasteiger partial charge in [-0.1, -0.05) is 48.5 Å². The van der Waals surface area contributed by atoms with E-state index in [-0.39, 0.29) is 5.91 Å². The number of para-hydroxylation sites is 1. The second-order valence-corrected chi connectivity index (χ2v) is 5.66. The molecule has 0 unspecified atom stereocenters. The molecule has 2 nitrogen and oxygen atoms in total. The summed E-state index contributed by atoms with van der Waals surface area (Å²) < 4.78 is 0. The number of hydrogen-bond acceptors (Lipinski definition) is 2. The minimum absolute atomic E-state index is 0.0940. The van der Waals surface area contributed by atoms with Crippen molar-refractivity contribution in [3.05, 3.63) is 66.2 Å². The van der Waals surface area contributed by atoms with E-state index < -0.39 is 0 Å². The van der Waals surface area contributed by atoms with Crippen molar-refractivity contribution in [3.63, 3.8) is 0 Å². The average Bonchev–Trinajstić information content (AvgIpc) is 2.49. The number of hydrogen-bond donors (Lipinski definition) is 1. The summed E-state index contributed by atoms with van der Waals surface area (Å²) in [6.07, 6.45) is 1.49. The van der Waals surface area contributed by atoms with Crippen LogP contribution in [0.5, 0.6) is 0 Å². The molecule has 0 saturated heterocycles. The molecule has 0 atom stereocenters. The van der Waals surface area contributed by atoms with Crippen molar-refractivity contribution in [2.45, 2.75) is 18.6 Å². The molecule has 20 heavy (non-hydrogen) atoms. The highest BCUT2D eigenvalue weighted by Crippen LogP contribution is 2.14. The van der Waals surface area contributed by atoms with E-state index in [0.29, 0.717) is 6.42 Å². The first kappa shape index (κ1) is 14.7. The Labute approximate surface area is 124 Å². The van der Waals surface area contributed by atoms with Crippen LogP contribution in [0.25, 0.3) is 0 Å². The Bertz CT molecular complexity index is 513. The van der Waals surface area contributed by atoms with Crippen LogP contribution in [0.2, 0.25) is 0 Å². The molecule has 0 heterocycles. The van der Waals surface area contributed by atoms with Gasteiger partial charge in [-0.05, 0) is 29.9 Å². The Balaban J connectivity index is 1.58. The molecule has 0 aliphatic rings. The van der Waals surface area contributed by atoms with Gasteiger partial charge in [0.05, 0.1) is 0 Å². The quantitative estimate of drug-likeness (QED) is 0.767. The molecular formula is C17H19NOS. The number of anilines is 1. The molecule has 0 radical (unpaired) electrons. The lowest BCUT2D eigenvalue weighted by atomic mass is 10.2. The van der Waals surface area contributed by atoms with Crippen molar-refractivity contribution < 1.29 is 4.79 Å². The zero-order valence-corrected chi connectivity index (χ0v) is 12.2. The summed E-state index contributed by atoms with van der Waals surface area (Å²) in [6.45, 7) is 0. The summed E-state index contributed by atoms with van der Waals surface area (Å²) in [6, 6.07) is 20.0. The van der Waals surface area contributed by atoms with E-state index in [1.165, 1.54) is 5.56 Å². The first-order valence-corrected chi connectivity index (χ1v) is 7.96. The minimum atomic E-state index is 0.0940. The third-order valence-electron chi connectivity index (χ3n) is 2.86. The van der Waals surface area contributed by atoms with Crippen LogP contribution in [-0.2, 0) is 10.5 Å². The molecule has 2 aromatic rings. The number of benzene rings is 2. The van der Waals surface area contributed by atoms with Crippen LogP contribution < -0.4 is 5.32 Å². The van der Waals surface area contributed by atoms with E-state index in [0.717, 1.165) is 23.6 Å². The van der Waals surface area contributed by atoms with E-state index >= 15 is 0 Å². The molecule has 0 spiro atoms. The molecule has 104 valence electrons. The lowest BCUT2D eigenvalue weighted by Gasteiger charge is -2.05. The van der Waals surface area contributed by atoms with Crippen molar-refractivity contribution in [2.75, 3.05) is 11.1 Å². The van der Waals surface area contributed by atoms with Gasteiger partial charge in [-0.3, -0.25) is 4.79 Å². The standard InChI is InChI=1S/C17H19NOS/c19-17(18-16-10-5-2-6-11-16)12-7-13-20-14-15-8-3-1-4-9-15/h1-6,8-11H,7,12-14H2,(H,18,19). The Morgan fingerprint density at radius 3 is 2.30 bits per heavy atom. The topological polar surface area (TPSA) is 29.1 Å². The zero-order chi connectivity index (χ0) is 14.0. The lowest BCUT2D eigenvalue weighted by Crippen LogP contribution is -2.11. The highest BCUT2D eigenvalue weighted by molar-refractivity contribution is 7.98. The molecule has 0 saturated carbocycles. The number of carbonyl (C=O) groups is 1. The SMILES string of the molecule is O=C(CCCSCc1ccccc1)Nc1ccccc1. The van der Waals surface area contributed by atoms with Crippen molar-refractivity contribution >= 4 is 23.4 Å². The fourth-order valence-electron chi connectivity index (χ4n) is 1.84. The minimum Gasteiger partial charge on any atom is -0.326 e. The van der Waals surface area contributed by atoms with E-state index in [1.807, 2.05) is 48.2 Å². The normalized spacial score (nSPS) is 10.2. The number of carbonyl (C=O) groups excluding carboxylic acids is 1. The van der Waals surface area contributed by atoms with Gasteiger partial charge in [-0.2, -0.15) is 11.8 Å². The zero-order valence-electron chi connectivity index (χ0n) is 11.4. The second-order valence-electron chi connectivity index (χ2n) is 4.56. The van der Waals surface area contributed by atoms with Crippen molar-refractivity contribution in [1.82, 2.24) is 0 Å². The number of nitrogens with one attached hydrogen (secondary N) is 1. The first-order valence-electron chi connectivity index (χ1n) is 6.81. The van der Waals surface area contributed by atoms with E-state index in [1.54, 1.807) is 0 Å². The van der Waals surface area contributed by atoms with Crippen molar-refractivity contribution in [2.24, 2.45) is 0 Å². The van der Waals surface area contributed by atoms with Gasteiger partial charge in [0.25, 0.3) is 0 Å². The van der Waals surface area contributed by atoms with Gasteiger partial charge in [0.15, 0.2) is 0 Å². The molecule has 0 aliphatic heterocycles. The summed E-state index contributed by atoms with van der Waals surface area (Å²) >= 11 is 1.87. The average molecular weight is 285 g/mol. The Morgan fingerprint density at radius 1 is 0.950 bits per heavy atom. The maximum Gasteiger partial charge on any atom is 0.224 e. The Hall–Kier alpha value is -1.74. The van der Waals surface area contributed by atoms with E-state index in [9.17, 15) is 4.79 Å². The second kappa shape index (κ2) is 8.43. The Kier molecular flexibility index (Phi) is 6.18. The third kappa shape index (κ3) is 5.49. The molecule has 2 aromatic carbocycles. The van der Waals surface area contributed by atoms with Gasteiger partial charge in [-0.15, -0.1) is 0 Å². The summed E-state index contributed by atoms with van der Waals surface area (Å²) in [7, 11) is 0. The van der Waals surface area contributed by atoms with Crippen LogP contribution in [0.3, 0.4) is 0 Å². The maximum absolute atomic E-state index is 11.7. The van der Waals surface area contributed by atoms with Gasteiger partial charge in [-0.25, -0.2) is 0 Å². The van der Waals surface area contributed by atoms with Crippen LogP contribution in [-0.4, -0.2) is 11.7 Å². The molecule has 1 amide bonds. The summed E-state index contributed by atoms with van der Waals surface area (Å²) in [4.78, 5) is 11.7.